The molecule has 0 unspecified atom stereocenters. The molecule has 1 aromatic rings. The number of hydrogen-bond acceptors (Lipinski definition) is 4. The molecule has 21 heavy (non-hydrogen) atoms. The van der Waals surface area contributed by atoms with Crippen molar-refractivity contribution in [1.82, 2.24) is 4.90 Å². The van der Waals surface area contributed by atoms with E-state index in [0.29, 0.717) is 5.69 Å². The number of anilines is 1. The van der Waals surface area contributed by atoms with Gasteiger partial charge in [0.1, 0.15) is 6.54 Å². The average Bonchev–Trinajstić information content (AvgIpc) is 2.44. The number of carbonyl (C=O) groups is 3. The standard InChI is InChI=1S/C14H15BrN2O3S/c1-8-13(19)17(14(20)9(2)21-8)7-12(18)16-11-5-3-10(15)4-6-11/h3-6,8-9H,7H2,1-2H3,(H,16,18)/t8-,9+. The lowest BCUT2D eigenvalue weighted by molar-refractivity contribution is -0.147. The Kier molecular flexibility index (Phi) is 5.05. The Hall–Kier alpha value is -1.34. The van der Waals surface area contributed by atoms with Crippen LogP contribution in [0.1, 0.15) is 13.8 Å². The molecule has 0 spiro atoms. The lowest BCUT2D eigenvalue weighted by Crippen LogP contribution is -2.52. The minimum atomic E-state index is -0.384. The fourth-order valence-electron chi connectivity index (χ4n) is 2.00. The molecule has 0 radical (unpaired) electrons. The minimum Gasteiger partial charge on any atom is -0.325 e. The van der Waals surface area contributed by atoms with Crippen LogP contribution in [-0.4, -0.2) is 39.7 Å². The average molecular weight is 371 g/mol. The first-order valence-electron chi connectivity index (χ1n) is 6.44. The fraction of sp³-hybridized carbons (Fsp3) is 0.357. The Labute approximate surface area is 135 Å². The molecule has 0 saturated carbocycles. The van der Waals surface area contributed by atoms with E-state index in [1.54, 1.807) is 38.1 Å². The van der Waals surface area contributed by atoms with Gasteiger partial charge in [0, 0.05) is 10.2 Å². The summed E-state index contributed by atoms with van der Waals surface area (Å²) in [5.41, 5.74) is 0.621. The summed E-state index contributed by atoms with van der Waals surface area (Å²) in [6.45, 7) is 3.24. The van der Waals surface area contributed by atoms with E-state index in [-0.39, 0.29) is 34.8 Å². The molecule has 1 fully saturated rings. The molecule has 0 aliphatic carbocycles. The van der Waals surface area contributed by atoms with Crippen LogP contribution in [0.15, 0.2) is 28.7 Å². The zero-order valence-corrected chi connectivity index (χ0v) is 14.0. The molecule has 2 atom stereocenters. The number of nitrogens with one attached hydrogen (secondary N) is 1. The van der Waals surface area contributed by atoms with Crippen LogP contribution in [0.25, 0.3) is 0 Å². The molecule has 2 rings (SSSR count). The second-order valence-corrected chi connectivity index (χ2v) is 7.34. The summed E-state index contributed by atoms with van der Waals surface area (Å²) in [6, 6.07) is 7.08. The Morgan fingerprint density at radius 1 is 1.19 bits per heavy atom. The van der Waals surface area contributed by atoms with Crippen LogP contribution in [0.2, 0.25) is 0 Å². The van der Waals surface area contributed by atoms with E-state index in [2.05, 4.69) is 21.2 Å². The van der Waals surface area contributed by atoms with E-state index < -0.39 is 0 Å². The summed E-state index contributed by atoms with van der Waals surface area (Å²) in [7, 11) is 0. The Bertz CT molecular complexity index is 556. The summed E-state index contributed by atoms with van der Waals surface area (Å²) in [4.78, 5) is 37.1. The van der Waals surface area contributed by atoms with E-state index in [9.17, 15) is 14.4 Å². The zero-order valence-electron chi connectivity index (χ0n) is 11.6. The second-order valence-electron chi connectivity index (χ2n) is 4.74. The lowest BCUT2D eigenvalue weighted by atomic mass is 10.3. The first-order chi connectivity index (χ1) is 9.88. The van der Waals surface area contributed by atoms with Crippen LogP contribution >= 0.6 is 27.7 Å². The number of thioether (sulfide) groups is 1. The molecule has 1 heterocycles. The van der Waals surface area contributed by atoms with Gasteiger partial charge in [0.05, 0.1) is 10.5 Å². The van der Waals surface area contributed by atoms with Gasteiger partial charge < -0.3 is 5.32 Å². The van der Waals surface area contributed by atoms with Gasteiger partial charge in [-0.1, -0.05) is 15.9 Å². The number of benzene rings is 1. The molecule has 5 nitrogen and oxygen atoms in total. The number of nitrogens with zero attached hydrogens (tertiary/aromatic N) is 1. The summed E-state index contributed by atoms with van der Waals surface area (Å²) >= 11 is 4.62. The van der Waals surface area contributed by atoms with E-state index in [1.807, 2.05) is 0 Å². The van der Waals surface area contributed by atoms with Crippen LogP contribution in [0.5, 0.6) is 0 Å². The number of rotatable bonds is 3. The number of halogens is 1. The first-order valence-corrected chi connectivity index (χ1v) is 8.18. The number of imide groups is 1. The molecule has 3 amide bonds. The fourth-order valence-corrected chi connectivity index (χ4v) is 3.37. The number of hydrogen-bond donors (Lipinski definition) is 1. The van der Waals surface area contributed by atoms with Crippen LogP contribution in [0.4, 0.5) is 5.69 Å². The smallest absolute Gasteiger partial charge is 0.244 e. The molecule has 1 N–H and O–H groups in total. The molecule has 7 heteroatoms. The van der Waals surface area contributed by atoms with Gasteiger partial charge in [0.2, 0.25) is 17.7 Å². The van der Waals surface area contributed by atoms with Gasteiger partial charge in [-0.3, -0.25) is 19.3 Å². The van der Waals surface area contributed by atoms with E-state index >= 15 is 0 Å². The Morgan fingerprint density at radius 2 is 1.71 bits per heavy atom. The zero-order chi connectivity index (χ0) is 15.6. The van der Waals surface area contributed by atoms with Crippen molar-refractivity contribution in [2.75, 3.05) is 11.9 Å². The normalized spacial score (nSPS) is 22.3. The molecule has 1 saturated heterocycles. The lowest BCUT2D eigenvalue weighted by Gasteiger charge is -2.31. The van der Waals surface area contributed by atoms with Crippen molar-refractivity contribution in [3.05, 3.63) is 28.7 Å². The topological polar surface area (TPSA) is 66.5 Å². The molecular weight excluding hydrogens is 356 g/mol. The Morgan fingerprint density at radius 3 is 2.24 bits per heavy atom. The van der Waals surface area contributed by atoms with Gasteiger partial charge >= 0.3 is 0 Å². The van der Waals surface area contributed by atoms with Crippen molar-refractivity contribution in [1.29, 1.82) is 0 Å². The van der Waals surface area contributed by atoms with E-state index in [4.69, 9.17) is 0 Å². The maximum atomic E-state index is 12.0. The third kappa shape index (κ3) is 3.85. The minimum absolute atomic E-state index is 0.247. The van der Waals surface area contributed by atoms with Crippen LogP contribution in [-0.2, 0) is 14.4 Å². The summed E-state index contributed by atoms with van der Waals surface area (Å²) < 4.78 is 0.904. The number of carbonyl (C=O) groups excluding carboxylic acids is 3. The first kappa shape index (κ1) is 16.0. The predicted molar refractivity (Wildman–Crippen MR) is 86.0 cm³/mol. The highest BCUT2D eigenvalue weighted by molar-refractivity contribution is 9.10. The Balaban J connectivity index is 2.02. The third-order valence-corrected chi connectivity index (χ3v) is 4.81. The van der Waals surface area contributed by atoms with Crippen LogP contribution in [0, 0.1) is 0 Å². The largest absolute Gasteiger partial charge is 0.325 e. The SMILES string of the molecule is C[C@@H]1S[C@H](C)C(=O)N(CC(=O)Nc2ccc(Br)cc2)C1=O. The summed E-state index contributed by atoms with van der Waals surface area (Å²) in [6.07, 6.45) is 0. The van der Waals surface area contributed by atoms with Gasteiger partial charge in [-0.2, -0.15) is 0 Å². The molecule has 0 bridgehead atoms. The molecule has 0 aromatic heterocycles. The summed E-state index contributed by atoms with van der Waals surface area (Å²) in [5, 5.41) is 2.06. The van der Waals surface area contributed by atoms with Gasteiger partial charge in [-0.15, -0.1) is 11.8 Å². The third-order valence-electron chi connectivity index (χ3n) is 3.07. The highest BCUT2D eigenvalue weighted by Gasteiger charge is 2.37. The van der Waals surface area contributed by atoms with Crippen molar-refractivity contribution in [2.24, 2.45) is 0 Å². The van der Waals surface area contributed by atoms with Gasteiger partial charge in [0.15, 0.2) is 0 Å². The maximum absolute atomic E-state index is 12.0. The van der Waals surface area contributed by atoms with Crippen molar-refractivity contribution in [2.45, 2.75) is 24.3 Å². The molecule has 1 aliphatic heterocycles. The van der Waals surface area contributed by atoms with Crippen molar-refractivity contribution in [3.8, 4) is 0 Å². The predicted octanol–water partition coefficient (Wildman–Crippen LogP) is 2.27. The second kappa shape index (κ2) is 6.62. The highest BCUT2D eigenvalue weighted by Crippen LogP contribution is 2.26. The molecule has 112 valence electrons. The van der Waals surface area contributed by atoms with Crippen molar-refractivity contribution in [3.63, 3.8) is 0 Å². The van der Waals surface area contributed by atoms with E-state index in [1.165, 1.54) is 11.8 Å². The van der Waals surface area contributed by atoms with Gasteiger partial charge in [0.25, 0.3) is 0 Å². The molecule has 1 aliphatic rings. The van der Waals surface area contributed by atoms with Crippen LogP contribution < -0.4 is 5.32 Å². The van der Waals surface area contributed by atoms with E-state index in [0.717, 1.165) is 9.37 Å². The molecule has 1 aromatic carbocycles. The van der Waals surface area contributed by atoms with Crippen LogP contribution in [0.3, 0.4) is 0 Å². The summed E-state index contributed by atoms with van der Waals surface area (Å²) in [5.74, 6) is -1.01. The maximum Gasteiger partial charge on any atom is 0.244 e. The van der Waals surface area contributed by atoms with Crippen molar-refractivity contribution >= 4 is 51.1 Å². The molecular formula is C14H15BrN2O3S. The van der Waals surface area contributed by atoms with Gasteiger partial charge in [-0.25, -0.2) is 0 Å². The number of amides is 3. The van der Waals surface area contributed by atoms with Crippen molar-refractivity contribution < 1.29 is 14.4 Å². The quantitative estimate of drug-likeness (QED) is 0.828. The monoisotopic (exact) mass is 370 g/mol. The van der Waals surface area contributed by atoms with Gasteiger partial charge in [-0.05, 0) is 38.1 Å². The highest BCUT2D eigenvalue weighted by atomic mass is 79.9.